The first-order valence-electron chi connectivity index (χ1n) is 7.71. The van der Waals surface area contributed by atoms with Crippen molar-refractivity contribution < 1.29 is 9.00 Å². The van der Waals surface area contributed by atoms with Crippen LogP contribution in [-0.4, -0.2) is 21.4 Å². The van der Waals surface area contributed by atoms with Crippen LogP contribution in [0.15, 0.2) is 18.2 Å². The number of rotatable bonds is 5. The summed E-state index contributed by atoms with van der Waals surface area (Å²) < 4.78 is 12.4. The summed E-state index contributed by atoms with van der Waals surface area (Å²) in [5, 5.41) is 2.59. The molecule has 4 heteroatoms. The van der Waals surface area contributed by atoms with Crippen molar-refractivity contribution in [2.75, 3.05) is 0 Å². The van der Waals surface area contributed by atoms with Crippen LogP contribution in [0.5, 0.6) is 0 Å². The summed E-state index contributed by atoms with van der Waals surface area (Å²) >= 11 is 0. The van der Waals surface area contributed by atoms with Crippen molar-refractivity contribution in [3.63, 3.8) is 0 Å². The van der Waals surface area contributed by atoms with Gasteiger partial charge in [-0.1, -0.05) is 36.6 Å². The van der Waals surface area contributed by atoms with Gasteiger partial charge >= 0.3 is 0 Å². The van der Waals surface area contributed by atoms with Gasteiger partial charge in [-0.05, 0) is 44.7 Å². The first-order valence-corrected chi connectivity index (χ1v) is 9.09. The Hall–Kier alpha value is -1.16. The average Bonchev–Trinajstić information content (AvgIpc) is 2.94. The molecule has 1 N–H and O–H groups in total. The van der Waals surface area contributed by atoms with Gasteiger partial charge in [0.05, 0.1) is 0 Å². The van der Waals surface area contributed by atoms with Crippen LogP contribution in [0.3, 0.4) is 0 Å². The van der Waals surface area contributed by atoms with E-state index < -0.39 is 16.0 Å². The Morgan fingerprint density at radius 1 is 1.33 bits per heavy atom. The van der Waals surface area contributed by atoms with Crippen molar-refractivity contribution in [2.24, 2.45) is 0 Å². The molecule has 1 aromatic rings. The Labute approximate surface area is 130 Å². The highest BCUT2D eigenvalue weighted by Gasteiger charge is 2.24. The van der Waals surface area contributed by atoms with Crippen LogP contribution < -0.4 is 5.32 Å². The number of benzene rings is 1. The fourth-order valence-corrected chi connectivity index (χ4v) is 3.92. The van der Waals surface area contributed by atoms with Crippen LogP contribution >= 0.6 is 0 Å². The van der Waals surface area contributed by atoms with E-state index in [2.05, 4.69) is 17.4 Å². The van der Waals surface area contributed by atoms with Gasteiger partial charge in [0, 0.05) is 22.6 Å². The minimum absolute atomic E-state index is 0.0643. The Morgan fingerprint density at radius 2 is 2.00 bits per heavy atom. The molecule has 0 spiro atoms. The third-order valence-electron chi connectivity index (χ3n) is 4.27. The first-order chi connectivity index (χ1) is 9.97. The fourth-order valence-electron chi connectivity index (χ4n) is 2.74. The molecule has 2 rings (SSSR count). The smallest absolute Gasteiger partial charge is 0.235 e. The molecule has 3 nitrogen and oxygen atoms in total. The number of carbonyl (C=O) groups excluding carboxylic acids is 1. The molecule has 1 fully saturated rings. The molecule has 1 aliphatic carbocycles. The topological polar surface area (TPSA) is 46.2 Å². The maximum Gasteiger partial charge on any atom is 0.235 e. The second kappa shape index (κ2) is 7.21. The summed E-state index contributed by atoms with van der Waals surface area (Å²) in [6.07, 6.45) is 4.49. The van der Waals surface area contributed by atoms with Gasteiger partial charge in [0.15, 0.2) is 0 Å². The van der Waals surface area contributed by atoms with Gasteiger partial charge in [0.2, 0.25) is 5.91 Å². The summed E-state index contributed by atoms with van der Waals surface area (Å²) in [5.74, 6) is 0.387. The molecular formula is C17H25NO2S. The van der Waals surface area contributed by atoms with Gasteiger partial charge in [-0.15, -0.1) is 0 Å². The molecule has 21 heavy (non-hydrogen) atoms. The minimum atomic E-state index is -1.18. The molecule has 0 saturated heterocycles. The zero-order valence-electron chi connectivity index (χ0n) is 13.1. The van der Waals surface area contributed by atoms with Crippen molar-refractivity contribution in [3.8, 4) is 0 Å². The Bertz CT molecular complexity index is 536. The zero-order chi connectivity index (χ0) is 15.4. The molecular weight excluding hydrogens is 282 g/mol. The van der Waals surface area contributed by atoms with E-state index in [0.717, 1.165) is 29.5 Å². The van der Waals surface area contributed by atoms with E-state index in [4.69, 9.17) is 0 Å². The van der Waals surface area contributed by atoms with E-state index in [0.29, 0.717) is 5.75 Å². The number of carbonyl (C=O) groups is 1. The molecule has 1 amide bonds. The second-order valence-corrected chi connectivity index (χ2v) is 7.84. The van der Waals surface area contributed by atoms with Crippen molar-refractivity contribution in [1.82, 2.24) is 5.32 Å². The summed E-state index contributed by atoms with van der Waals surface area (Å²) in [4.78, 5) is 12.2. The van der Waals surface area contributed by atoms with E-state index in [-0.39, 0.29) is 11.9 Å². The van der Waals surface area contributed by atoms with Crippen molar-refractivity contribution in [1.29, 1.82) is 0 Å². The van der Waals surface area contributed by atoms with Gasteiger partial charge < -0.3 is 5.32 Å². The molecule has 0 unspecified atom stereocenters. The standard InChI is InChI=1S/C17H25NO2S/c1-12-8-9-13(2)15(10-12)11-21(20)14(3)17(19)18-16-6-4-5-7-16/h8-10,14,16H,4-7,11H2,1-3H3,(H,18,19)/t14-,21+/m1/s1. The Kier molecular flexibility index (Phi) is 5.57. The lowest BCUT2D eigenvalue weighted by Gasteiger charge is -2.17. The number of amides is 1. The molecule has 0 heterocycles. The molecule has 0 bridgehead atoms. The largest absolute Gasteiger partial charge is 0.352 e. The van der Waals surface area contributed by atoms with Gasteiger partial charge in [-0.25, -0.2) is 0 Å². The van der Waals surface area contributed by atoms with Crippen LogP contribution in [0.4, 0.5) is 0 Å². The molecule has 1 aliphatic rings. The number of hydrogen-bond donors (Lipinski definition) is 1. The molecule has 0 radical (unpaired) electrons. The molecule has 116 valence electrons. The maximum absolute atomic E-state index is 12.4. The van der Waals surface area contributed by atoms with E-state index >= 15 is 0 Å². The zero-order valence-corrected chi connectivity index (χ0v) is 14.0. The highest BCUT2D eigenvalue weighted by atomic mass is 32.2. The summed E-state index contributed by atoms with van der Waals surface area (Å²) in [6.45, 7) is 5.82. The quantitative estimate of drug-likeness (QED) is 0.909. The average molecular weight is 307 g/mol. The SMILES string of the molecule is Cc1ccc(C)c(C[S@](=O)[C@H](C)C(=O)NC2CCCC2)c1. The van der Waals surface area contributed by atoms with E-state index in [1.165, 1.54) is 12.8 Å². The molecule has 1 aromatic carbocycles. The lowest BCUT2D eigenvalue weighted by Crippen LogP contribution is -2.41. The highest BCUT2D eigenvalue weighted by molar-refractivity contribution is 7.85. The van der Waals surface area contributed by atoms with Crippen LogP contribution in [0.25, 0.3) is 0 Å². The lowest BCUT2D eigenvalue weighted by molar-refractivity contribution is -0.121. The second-order valence-electron chi connectivity index (χ2n) is 6.09. The molecule has 2 atom stereocenters. The monoisotopic (exact) mass is 307 g/mol. The maximum atomic E-state index is 12.4. The number of aryl methyl sites for hydroxylation is 2. The van der Waals surface area contributed by atoms with Gasteiger partial charge in [0.25, 0.3) is 0 Å². The predicted molar refractivity (Wildman–Crippen MR) is 87.6 cm³/mol. The summed E-state index contributed by atoms with van der Waals surface area (Å²) in [7, 11) is -1.18. The summed E-state index contributed by atoms with van der Waals surface area (Å²) in [6, 6.07) is 6.45. The van der Waals surface area contributed by atoms with Crippen molar-refractivity contribution >= 4 is 16.7 Å². The van der Waals surface area contributed by atoms with E-state index in [1.54, 1.807) is 6.92 Å². The van der Waals surface area contributed by atoms with Crippen LogP contribution in [-0.2, 0) is 21.3 Å². The first kappa shape index (κ1) is 16.2. The van der Waals surface area contributed by atoms with Crippen molar-refractivity contribution in [3.05, 3.63) is 34.9 Å². The predicted octanol–water partition coefficient (Wildman–Crippen LogP) is 3.00. The van der Waals surface area contributed by atoms with Crippen molar-refractivity contribution in [2.45, 2.75) is 63.5 Å². The van der Waals surface area contributed by atoms with Gasteiger partial charge in [0.1, 0.15) is 5.25 Å². The lowest BCUT2D eigenvalue weighted by atomic mass is 10.1. The number of hydrogen-bond acceptors (Lipinski definition) is 2. The van der Waals surface area contributed by atoms with Gasteiger partial charge in [-0.2, -0.15) is 0 Å². The summed E-state index contributed by atoms with van der Waals surface area (Å²) in [5.41, 5.74) is 3.38. The fraction of sp³-hybridized carbons (Fsp3) is 0.588. The molecule has 0 aliphatic heterocycles. The number of nitrogens with one attached hydrogen (secondary N) is 1. The highest BCUT2D eigenvalue weighted by Crippen LogP contribution is 2.19. The van der Waals surface area contributed by atoms with Crippen LogP contribution in [0, 0.1) is 13.8 Å². The van der Waals surface area contributed by atoms with Gasteiger partial charge in [-0.3, -0.25) is 9.00 Å². The Morgan fingerprint density at radius 3 is 2.67 bits per heavy atom. The van der Waals surface area contributed by atoms with E-state index in [1.807, 2.05) is 19.9 Å². The van der Waals surface area contributed by atoms with Crippen LogP contribution in [0.1, 0.15) is 49.3 Å². The van der Waals surface area contributed by atoms with E-state index in [9.17, 15) is 9.00 Å². The third kappa shape index (κ3) is 4.40. The Balaban J connectivity index is 1.95. The van der Waals surface area contributed by atoms with Crippen LogP contribution in [0.2, 0.25) is 0 Å². The molecule has 0 aromatic heterocycles. The third-order valence-corrected chi connectivity index (χ3v) is 5.87. The normalized spacial score (nSPS) is 18.4. The minimum Gasteiger partial charge on any atom is -0.352 e. The molecule has 1 saturated carbocycles.